The highest BCUT2D eigenvalue weighted by molar-refractivity contribution is 6.06. The number of amides is 2. The van der Waals surface area contributed by atoms with Gasteiger partial charge in [0.1, 0.15) is 18.1 Å². The lowest BCUT2D eigenvalue weighted by Crippen LogP contribution is -2.42. The fourth-order valence-electron chi connectivity index (χ4n) is 7.22. The van der Waals surface area contributed by atoms with E-state index in [0.717, 1.165) is 67.4 Å². The molecule has 1 aliphatic heterocycles. The Bertz CT molecular complexity index is 1280. The van der Waals surface area contributed by atoms with Crippen molar-refractivity contribution in [2.24, 2.45) is 17.8 Å². The number of hydrogen-bond donors (Lipinski definition) is 3. The maximum atomic E-state index is 13.8. The zero-order chi connectivity index (χ0) is 28.9. The third-order valence-corrected chi connectivity index (χ3v) is 9.10. The number of rotatable bonds is 11. The predicted octanol–water partition coefficient (Wildman–Crippen LogP) is 4.89. The minimum atomic E-state index is -0.877. The number of aliphatic hydroxyl groups excluding tert-OH is 3. The van der Waals surface area contributed by atoms with E-state index in [1.807, 2.05) is 24.3 Å². The molecule has 3 heterocycles. The van der Waals surface area contributed by atoms with Crippen molar-refractivity contribution in [2.45, 2.75) is 89.9 Å². The van der Waals surface area contributed by atoms with Crippen LogP contribution in [-0.2, 0) is 16.2 Å². The van der Waals surface area contributed by atoms with Crippen molar-refractivity contribution in [2.75, 3.05) is 6.61 Å². The van der Waals surface area contributed by atoms with Gasteiger partial charge in [-0.15, -0.1) is 0 Å². The van der Waals surface area contributed by atoms with E-state index in [1.165, 1.54) is 4.90 Å². The minimum Gasteiger partial charge on any atom is -0.459 e. The molecule has 2 fully saturated rings. The lowest BCUT2D eigenvalue weighted by atomic mass is 9.67. The Balaban J connectivity index is 1.41. The largest absolute Gasteiger partial charge is 0.459 e. The van der Waals surface area contributed by atoms with Crippen LogP contribution in [0.1, 0.15) is 88.3 Å². The monoisotopic (exact) mass is 562 g/mol. The lowest BCUT2D eigenvalue weighted by molar-refractivity contribution is -0.143. The van der Waals surface area contributed by atoms with Crippen molar-refractivity contribution >= 4 is 23.5 Å². The first kappa shape index (κ1) is 29.4. The number of furan rings is 1. The zero-order valence-electron chi connectivity index (χ0n) is 23.9. The molecular weight excluding hydrogens is 520 g/mol. The average Bonchev–Trinajstić information content (AvgIpc) is 3.56. The molecule has 0 spiro atoms. The summed E-state index contributed by atoms with van der Waals surface area (Å²) < 4.78 is 5.69. The van der Waals surface area contributed by atoms with Crippen LogP contribution in [0.25, 0.3) is 11.6 Å². The summed E-state index contributed by atoms with van der Waals surface area (Å²) >= 11 is 0. The van der Waals surface area contributed by atoms with Gasteiger partial charge in [0.05, 0.1) is 30.2 Å². The van der Waals surface area contributed by atoms with Gasteiger partial charge < -0.3 is 19.7 Å². The van der Waals surface area contributed by atoms with Crippen LogP contribution in [0.2, 0.25) is 0 Å². The predicted molar refractivity (Wildman–Crippen MR) is 155 cm³/mol. The first-order chi connectivity index (χ1) is 20.0. The quantitative estimate of drug-likeness (QED) is 0.263. The fraction of sp³-hybridized carbons (Fsp3) is 0.545. The summed E-state index contributed by atoms with van der Waals surface area (Å²) in [5.74, 6) is -0.859. The van der Waals surface area contributed by atoms with Crippen molar-refractivity contribution < 1.29 is 29.3 Å². The molecule has 3 aliphatic rings. The number of carbonyl (C=O) groups excluding carboxylic acids is 2. The Labute approximate surface area is 241 Å². The van der Waals surface area contributed by atoms with E-state index in [2.05, 4.69) is 11.9 Å². The molecule has 8 heteroatoms. The Hall–Kier alpha value is -3.07. The van der Waals surface area contributed by atoms with E-state index < -0.39 is 23.9 Å². The topological polar surface area (TPSA) is 124 Å². The van der Waals surface area contributed by atoms with Crippen LogP contribution >= 0.6 is 0 Å². The molecule has 8 nitrogen and oxygen atoms in total. The Kier molecular flexibility index (Phi) is 9.53. The maximum Gasteiger partial charge on any atom is 0.234 e. The molecule has 2 amide bonds. The number of imide groups is 1. The summed E-state index contributed by atoms with van der Waals surface area (Å²) in [4.78, 5) is 33.4. The third-order valence-electron chi connectivity index (χ3n) is 9.10. The van der Waals surface area contributed by atoms with E-state index in [0.29, 0.717) is 30.8 Å². The van der Waals surface area contributed by atoms with E-state index in [9.17, 15) is 24.9 Å². The van der Waals surface area contributed by atoms with Crippen LogP contribution in [0.4, 0.5) is 0 Å². The second-order valence-electron chi connectivity index (χ2n) is 11.7. The number of pyridine rings is 1. The second kappa shape index (κ2) is 13.3. The maximum absolute atomic E-state index is 13.8. The highest BCUT2D eigenvalue weighted by atomic mass is 16.4. The van der Waals surface area contributed by atoms with Crippen LogP contribution in [0.3, 0.4) is 0 Å². The smallest absolute Gasteiger partial charge is 0.234 e. The first-order valence-electron chi connectivity index (χ1n) is 15.2. The van der Waals surface area contributed by atoms with Gasteiger partial charge in [-0.25, -0.2) is 0 Å². The fourth-order valence-corrected chi connectivity index (χ4v) is 7.22. The molecular formula is C33H42N2O6. The van der Waals surface area contributed by atoms with E-state index >= 15 is 0 Å². The number of aromatic nitrogens is 1. The standard InChI is InChI=1S/C33H42N2O6/c1-2-8-22-18-26-31(33(40)35(32(26)39)23-9-4-3-5-10-23)27(20-37)30(22)29(38)15-12-21(28-11-6-7-16-34-28)17-24-13-14-25(19-36)41-24/h6-7,11,13-14,16-17,23,26-27,29,31,36-38H,2-5,8-10,12,15,18-20H2,1H3/b21-17-/t26-,27+,29-,31-/m1/s1. The van der Waals surface area contributed by atoms with Gasteiger partial charge in [0.2, 0.25) is 11.8 Å². The molecule has 1 saturated carbocycles. The van der Waals surface area contributed by atoms with Crippen LogP contribution in [-0.4, -0.2) is 55.8 Å². The number of hydrogen-bond acceptors (Lipinski definition) is 7. The van der Waals surface area contributed by atoms with Crippen molar-refractivity contribution in [3.8, 4) is 0 Å². The van der Waals surface area contributed by atoms with Crippen molar-refractivity contribution in [3.05, 3.63) is 64.9 Å². The zero-order valence-corrected chi connectivity index (χ0v) is 23.9. The summed E-state index contributed by atoms with van der Waals surface area (Å²) in [6.45, 7) is 1.60. The summed E-state index contributed by atoms with van der Waals surface area (Å²) in [6, 6.07) is 9.11. The molecule has 0 unspecified atom stereocenters. The van der Waals surface area contributed by atoms with Crippen LogP contribution in [0.5, 0.6) is 0 Å². The number of nitrogens with zero attached hydrogens (tertiary/aromatic N) is 2. The average molecular weight is 563 g/mol. The Morgan fingerprint density at radius 1 is 1.12 bits per heavy atom. The van der Waals surface area contributed by atoms with Crippen LogP contribution < -0.4 is 0 Å². The molecule has 4 atom stereocenters. The number of aliphatic hydroxyl groups is 3. The highest BCUT2D eigenvalue weighted by Gasteiger charge is 2.56. The van der Waals surface area contributed by atoms with Crippen LogP contribution in [0.15, 0.2) is 52.1 Å². The molecule has 41 heavy (non-hydrogen) atoms. The molecule has 0 aromatic carbocycles. The summed E-state index contributed by atoms with van der Waals surface area (Å²) in [6.07, 6.45) is 10.5. The van der Waals surface area contributed by atoms with Gasteiger partial charge >= 0.3 is 0 Å². The van der Waals surface area contributed by atoms with Crippen molar-refractivity contribution in [1.82, 2.24) is 9.88 Å². The number of allylic oxidation sites excluding steroid dienone is 2. The van der Waals surface area contributed by atoms with Crippen molar-refractivity contribution in [3.63, 3.8) is 0 Å². The summed E-state index contributed by atoms with van der Waals surface area (Å²) in [5, 5.41) is 31.7. The second-order valence-corrected chi connectivity index (χ2v) is 11.7. The normalized spacial score (nSPS) is 24.7. The first-order valence-corrected chi connectivity index (χ1v) is 15.2. The van der Waals surface area contributed by atoms with Crippen molar-refractivity contribution in [1.29, 1.82) is 0 Å². The van der Waals surface area contributed by atoms with Crippen LogP contribution in [0, 0.1) is 17.8 Å². The number of likely N-dealkylation sites (tertiary alicyclic amines) is 1. The molecule has 0 radical (unpaired) electrons. The van der Waals surface area contributed by atoms with Gasteiger partial charge in [-0.1, -0.05) is 44.2 Å². The number of fused-ring (bicyclic) bond motifs is 1. The highest BCUT2D eigenvalue weighted by Crippen LogP contribution is 2.48. The van der Waals surface area contributed by atoms with E-state index in [1.54, 1.807) is 18.3 Å². The molecule has 2 aliphatic carbocycles. The minimum absolute atomic E-state index is 0.0456. The molecule has 0 bridgehead atoms. The molecule has 1 saturated heterocycles. The Morgan fingerprint density at radius 2 is 1.93 bits per heavy atom. The molecule has 3 N–H and O–H groups in total. The van der Waals surface area contributed by atoms with Gasteiger partial charge in [0.15, 0.2) is 0 Å². The van der Waals surface area contributed by atoms with E-state index in [-0.39, 0.29) is 31.1 Å². The summed E-state index contributed by atoms with van der Waals surface area (Å²) in [5.41, 5.74) is 3.37. The van der Waals surface area contributed by atoms with Gasteiger partial charge in [0, 0.05) is 18.2 Å². The van der Waals surface area contributed by atoms with Gasteiger partial charge in [0.25, 0.3) is 0 Å². The summed E-state index contributed by atoms with van der Waals surface area (Å²) in [7, 11) is 0. The molecule has 5 rings (SSSR count). The molecule has 2 aromatic rings. The SMILES string of the molecule is CCCC1=C([C@H](O)CC/C(=C/c2ccc(CO)o2)c2ccccn2)[C@H](CO)[C@@H]2C(=O)N(C3CCCCC3)C(=O)[C@@H]2C1. The van der Waals surface area contributed by atoms with Gasteiger partial charge in [-0.2, -0.15) is 0 Å². The van der Waals surface area contributed by atoms with E-state index in [4.69, 9.17) is 4.42 Å². The lowest BCUT2D eigenvalue weighted by Gasteiger charge is -2.36. The van der Waals surface area contributed by atoms with Gasteiger partial charge in [-0.05, 0) is 80.0 Å². The van der Waals surface area contributed by atoms with Gasteiger partial charge in [-0.3, -0.25) is 19.5 Å². The third kappa shape index (κ3) is 6.10. The Morgan fingerprint density at radius 3 is 2.59 bits per heavy atom. The number of carbonyl (C=O) groups is 2. The molecule has 220 valence electrons. The molecule has 2 aromatic heterocycles.